The molecule has 2 rings (SSSR count). The lowest BCUT2D eigenvalue weighted by molar-refractivity contribution is -0.155. The van der Waals surface area contributed by atoms with Gasteiger partial charge < -0.3 is 20.7 Å². The van der Waals surface area contributed by atoms with E-state index in [-0.39, 0.29) is 23.9 Å². The molecule has 1 aromatic rings. The summed E-state index contributed by atoms with van der Waals surface area (Å²) in [4.78, 5) is 38.2. The van der Waals surface area contributed by atoms with Gasteiger partial charge in [0, 0.05) is 19.7 Å². The number of esters is 1. The van der Waals surface area contributed by atoms with E-state index in [4.69, 9.17) is 22.1 Å². The number of alkyl halides is 1. The average molecular weight is 400 g/mol. The molecule has 0 aliphatic carbocycles. The average Bonchev–Trinajstić information content (AvgIpc) is 2.70. The van der Waals surface area contributed by atoms with E-state index in [0.717, 1.165) is 25.9 Å². The quantitative estimate of drug-likeness (QED) is 0.463. The molecule has 150 valence electrons. The third-order valence-corrected chi connectivity index (χ3v) is 5.08. The number of carbonyl (C=O) groups is 2. The zero-order valence-electron chi connectivity index (χ0n) is 15.6. The van der Waals surface area contributed by atoms with Crippen LogP contribution in [0, 0.1) is 5.92 Å². The minimum atomic E-state index is -0.986. The molecule has 27 heavy (non-hydrogen) atoms. The second-order valence-corrected chi connectivity index (χ2v) is 6.73. The largest absolute Gasteiger partial charge is 0.467 e. The Morgan fingerprint density at radius 1 is 1.44 bits per heavy atom. The summed E-state index contributed by atoms with van der Waals surface area (Å²) < 4.78 is 6.06. The first-order valence-electron chi connectivity index (χ1n) is 8.84. The number of aryl methyl sites for hydroxylation is 1. The van der Waals surface area contributed by atoms with Crippen LogP contribution in [0.3, 0.4) is 0 Å². The Balaban J connectivity index is 2.57. The highest BCUT2D eigenvalue weighted by Crippen LogP contribution is 2.34. The molecule has 10 heteroatoms. The van der Waals surface area contributed by atoms with Crippen LogP contribution in [0.2, 0.25) is 0 Å². The Labute approximate surface area is 162 Å². The van der Waals surface area contributed by atoms with Gasteiger partial charge in [0.1, 0.15) is 11.9 Å². The van der Waals surface area contributed by atoms with Crippen LogP contribution in [0.1, 0.15) is 24.6 Å². The van der Waals surface area contributed by atoms with Gasteiger partial charge in [0.2, 0.25) is 5.91 Å². The fourth-order valence-electron chi connectivity index (χ4n) is 3.50. The van der Waals surface area contributed by atoms with Crippen molar-refractivity contribution in [2.75, 3.05) is 32.6 Å². The topological polar surface area (TPSA) is 120 Å². The second-order valence-electron chi connectivity index (χ2n) is 6.46. The fourth-order valence-corrected chi connectivity index (χ4v) is 3.64. The minimum absolute atomic E-state index is 0.0297. The third-order valence-electron chi connectivity index (χ3n) is 4.85. The van der Waals surface area contributed by atoms with Crippen molar-refractivity contribution >= 4 is 23.5 Å². The van der Waals surface area contributed by atoms with Crippen molar-refractivity contribution in [3.63, 3.8) is 0 Å². The number of rotatable bonds is 7. The summed E-state index contributed by atoms with van der Waals surface area (Å²) in [5.74, 6) is -1.32. The summed E-state index contributed by atoms with van der Waals surface area (Å²) in [7, 11) is 2.79. The Morgan fingerprint density at radius 2 is 2.11 bits per heavy atom. The van der Waals surface area contributed by atoms with E-state index in [9.17, 15) is 14.4 Å². The molecule has 1 aliphatic heterocycles. The van der Waals surface area contributed by atoms with Crippen LogP contribution in [0.5, 0.6) is 0 Å². The molecule has 9 nitrogen and oxygen atoms in total. The van der Waals surface area contributed by atoms with Crippen LogP contribution in [0.15, 0.2) is 16.9 Å². The molecule has 1 aliphatic rings. The van der Waals surface area contributed by atoms with E-state index >= 15 is 0 Å². The molecule has 0 radical (unpaired) electrons. The second kappa shape index (κ2) is 9.82. The first-order valence-corrected chi connectivity index (χ1v) is 9.38. The molecular weight excluding hydrogens is 374 g/mol. The summed E-state index contributed by atoms with van der Waals surface area (Å²) in [5, 5.41) is 7.62. The first-order chi connectivity index (χ1) is 12.9. The van der Waals surface area contributed by atoms with Crippen molar-refractivity contribution in [1.82, 2.24) is 20.0 Å². The molecule has 2 unspecified atom stereocenters. The van der Waals surface area contributed by atoms with Crippen LogP contribution < -0.4 is 16.6 Å². The maximum Gasteiger partial charge on any atom is 0.329 e. The van der Waals surface area contributed by atoms with Crippen molar-refractivity contribution in [3.05, 3.63) is 28.2 Å². The normalized spacial score (nSPS) is 17.2. The SMILES string of the molecule is COC(=O)C(CN)N(C(=O)CCl)C(c1ccc(=O)n(C)n1)C1CCNCC1. The molecule has 0 saturated carbocycles. The van der Waals surface area contributed by atoms with Gasteiger partial charge in [-0.15, -0.1) is 11.6 Å². The van der Waals surface area contributed by atoms with Crippen LogP contribution in [0.25, 0.3) is 0 Å². The minimum Gasteiger partial charge on any atom is -0.467 e. The number of ether oxygens (including phenoxy) is 1. The summed E-state index contributed by atoms with van der Waals surface area (Å²) in [6.07, 6.45) is 1.55. The van der Waals surface area contributed by atoms with Crippen molar-refractivity contribution in [2.24, 2.45) is 18.7 Å². The van der Waals surface area contributed by atoms with E-state index in [1.165, 1.54) is 22.8 Å². The third kappa shape index (κ3) is 4.85. The van der Waals surface area contributed by atoms with Gasteiger partial charge in [-0.2, -0.15) is 5.10 Å². The van der Waals surface area contributed by atoms with E-state index in [2.05, 4.69) is 10.4 Å². The van der Waals surface area contributed by atoms with Crippen LogP contribution in [-0.2, 0) is 21.4 Å². The predicted molar refractivity (Wildman–Crippen MR) is 100 cm³/mol. The molecule has 0 spiro atoms. The van der Waals surface area contributed by atoms with Gasteiger partial charge in [-0.25, -0.2) is 9.48 Å². The summed E-state index contributed by atoms with van der Waals surface area (Å²) in [5.41, 5.74) is 6.07. The van der Waals surface area contributed by atoms with Crippen LogP contribution >= 0.6 is 11.6 Å². The highest BCUT2D eigenvalue weighted by molar-refractivity contribution is 6.27. The number of nitrogens with one attached hydrogen (secondary N) is 1. The van der Waals surface area contributed by atoms with Gasteiger partial charge in [0.05, 0.1) is 18.8 Å². The Bertz CT molecular complexity index is 720. The Kier molecular flexibility index (Phi) is 7.76. The molecule has 1 fully saturated rings. The fraction of sp³-hybridized carbons (Fsp3) is 0.647. The monoisotopic (exact) mass is 399 g/mol. The zero-order chi connectivity index (χ0) is 20.0. The number of piperidine rings is 1. The lowest BCUT2D eigenvalue weighted by atomic mass is 9.86. The van der Waals surface area contributed by atoms with Gasteiger partial charge >= 0.3 is 5.97 Å². The number of nitrogens with zero attached hydrogens (tertiary/aromatic N) is 3. The maximum atomic E-state index is 12.8. The lowest BCUT2D eigenvalue weighted by Crippen LogP contribution is -2.54. The molecule has 0 aromatic carbocycles. The van der Waals surface area contributed by atoms with Crippen LogP contribution in [0.4, 0.5) is 0 Å². The van der Waals surface area contributed by atoms with E-state index in [1.54, 1.807) is 13.1 Å². The molecule has 3 N–H and O–H groups in total. The number of hydrogen-bond acceptors (Lipinski definition) is 7. The standard InChI is InChI=1S/C17H26ClN5O4/c1-22-14(24)4-3-12(21-22)16(11-5-7-20-8-6-11)23(15(25)9-18)13(10-19)17(26)27-2/h3-4,11,13,16,20H,5-10,19H2,1-2H3. The molecule has 1 amide bonds. The van der Waals surface area contributed by atoms with Crippen molar-refractivity contribution in [3.8, 4) is 0 Å². The summed E-state index contributed by atoms with van der Waals surface area (Å²) in [6.45, 7) is 1.45. The molecule has 2 atom stereocenters. The molecule has 0 bridgehead atoms. The Hall–Kier alpha value is -1.97. The summed E-state index contributed by atoms with van der Waals surface area (Å²) in [6, 6.07) is 1.46. The van der Waals surface area contributed by atoms with Gasteiger partial charge in [-0.05, 0) is 37.9 Å². The van der Waals surface area contributed by atoms with E-state index in [0.29, 0.717) is 5.69 Å². The van der Waals surface area contributed by atoms with Gasteiger partial charge in [0.25, 0.3) is 5.56 Å². The highest BCUT2D eigenvalue weighted by Gasteiger charge is 2.40. The number of nitrogens with two attached hydrogens (primary N) is 1. The number of halogens is 1. The number of hydrogen-bond donors (Lipinski definition) is 2. The molecule has 1 saturated heterocycles. The van der Waals surface area contributed by atoms with Gasteiger partial charge in [-0.1, -0.05) is 0 Å². The molecule has 2 heterocycles. The molecular formula is C17H26ClN5O4. The number of methoxy groups -OCH3 is 1. The number of carbonyl (C=O) groups excluding carboxylic acids is 2. The molecule has 1 aromatic heterocycles. The predicted octanol–water partition coefficient (Wildman–Crippen LogP) is -0.611. The smallest absolute Gasteiger partial charge is 0.329 e. The van der Waals surface area contributed by atoms with Gasteiger partial charge in [-0.3, -0.25) is 9.59 Å². The van der Waals surface area contributed by atoms with Crippen LogP contribution in [-0.4, -0.2) is 65.2 Å². The van der Waals surface area contributed by atoms with Crippen molar-refractivity contribution in [2.45, 2.75) is 24.9 Å². The number of aromatic nitrogens is 2. The maximum absolute atomic E-state index is 12.8. The zero-order valence-corrected chi connectivity index (χ0v) is 16.3. The van der Waals surface area contributed by atoms with E-state index < -0.39 is 24.0 Å². The highest BCUT2D eigenvalue weighted by atomic mass is 35.5. The van der Waals surface area contributed by atoms with Crippen molar-refractivity contribution < 1.29 is 14.3 Å². The summed E-state index contributed by atoms with van der Waals surface area (Å²) >= 11 is 5.85. The Morgan fingerprint density at radius 3 is 2.63 bits per heavy atom. The van der Waals surface area contributed by atoms with E-state index in [1.807, 2.05) is 0 Å². The van der Waals surface area contributed by atoms with Crippen molar-refractivity contribution in [1.29, 1.82) is 0 Å². The number of amides is 1. The lowest BCUT2D eigenvalue weighted by Gasteiger charge is -2.41. The van der Waals surface area contributed by atoms with Gasteiger partial charge in [0.15, 0.2) is 0 Å². The first kappa shape index (κ1) is 21.3.